The maximum Gasteiger partial charge on any atom is 0.326 e. The standard InChI is InChI=1S/C21H25F2N3O4S2/c1-24-20-12-16(5-6-19(20)26(32(24,29)30)14-17-13-21(17,22)23)15-3-2-4-18(11-15)25-7-9-31(27,28)10-8-25/h2-6,11-12,17,27-28H,7-10,13-14H2,1H3. The molecule has 5 rings (SSSR count). The van der Waals surface area contributed by atoms with Crippen LogP contribution in [-0.2, 0) is 10.2 Å². The molecule has 1 saturated heterocycles. The van der Waals surface area contributed by atoms with Gasteiger partial charge in [0, 0.05) is 44.7 Å². The Balaban J connectivity index is 1.43. The van der Waals surface area contributed by atoms with Gasteiger partial charge >= 0.3 is 10.2 Å². The third kappa shape index (κ3) is 3.70. The van der Waals surface area contributed by atoms with Crippen molar-refractivity contribution < 1.29 is 26.3 Å². The number of fused-ring (bicyclic) bond motifs is 1. The lowest BCUT2D eigenvalue weighted by Gasteiger charge is -2.42. The van der Waals surface area contributed by atoms with Crippen molar-refractivity contribution in [3.8, 4) is 11.1 Å². The van der Waals surface area contributed by atoms with Gasteiger partial charge in [-0.15, -0.1) is 0 Å². The van der Waals surface area contributed by atoms with E-state index in [2.05, 4.69) is 4.90 Å². The molecular formula is C21H25F2N3O4S2. The Morgan fingerprint density at radius 1 is 1.03 bits per heavy atom. The molecule has 1 unspecified atom stereocenters. The second-order valence-electron chi connectivity index (χ2n) is 8.62. The van der Waals surface area contributed by atoms with E-state index in [0.29, 0.717) is 36.0 Å². The van der Waals surface area contributed by atoms with E-state index in [1.807, 2.05) is 24.3 Å². The van der Waals surface area contributed by atoms with Gasteiger partial charge in [-0.3, -0.25) is 17.7 Å². The number of benzene rings is 2. The number of hydrogen-bond acceptors (Lipinski definition) is 5. The Morgan fingerprint density at radius 3 is 2.34 bits per heavy atom. The van der Waals surface area contributed by atoms with Crippen LogP contribution in [0.1, 0.15) is 6.42 Å². The summed E-state index contributed by atoms with van der Waals surface area (Å²) in [5, 5.41) is 0. The van der Waals surface area contributed by atoms with Gasteiger partial charge in [-0.25, -0.2) is 8.78 Å². The third-order valence-corrected chi connectivity index (χ3v) is 9.94. The van der Waals surface area contributed by atoms with Crippen LogP contribution >= 0.6 is 10.6 Å². The van der Waals surface area contributed by atoms with Gasteiger partial charge in [0.2, 0.25) is 0 Å². The molecule has 2 aromatic rings. The minimum absolute atomic E-state index is 0.227. The number of alkyl halides is 2. The fraction of sp³-hybridized carbons (Fsp3) is 0.429. The fourth-order valence-electron chi connectivity index (χ4n) is 4.29. The highest BCUT2D eigenvalue weighted by molar-refractivity contribution is 8.24. The highest BCUT2D eigenvalue weighted by Crippen LogP contribution is 2.52. The van der Waals surface area contributed by atoms with Crippen molar-refractivity contribution >= 4 is 37.9 Å². The SMILES string of the molecule is CN1c2cc(-c3cccc(N4CCS(O)(O)CC4)c3)ccc2N(CC2CC2(F)F)S1(=O)=O. The summed E-state index contributed by atoms with van der Waals surface area (Å²) in [5.41, 5.74) is 3.53. The molecule has 1 aliphatic carbocycles. The summed E-state index contributed by atoms with van der Waals surface area (Å²) in [4.78, 5) is 2.10. The van der Waals surface area contributed by atoms with Crippen LogP contribution in [0.4, 0.5) is 25.8 Å². The number of halogens is 2. The molecule has 0 spiro atoms. The Labute approximate surface area is 187 Å². The summed E-state index contributed by atoms with van der Waals surface area (Å²) in [7, 11) is -4.93. The number of anilines is 3. The molecule has 0 aromatic heterocycles. The maximum atomic E-state index is 13.4. The lowest BCUT2D eigenvalue weighted by Crippen LogP contribution is -2.38. The number of rotatable bonds is 4. The van der Waals surface area contributed by atoms with Gasteiger partial charge in [0.25, 0.3) is 5.92 Å². The maximum absolute atomic E-state index is 13.4. The van der Waals surface area contributed by atoms with E-state index in [1.165, 1.54) is 7.05 Å². The molecule has 32 heavy (non-hydrogen) atoms. The van der Waals surface area contributed by atoms with Gasteiger partial charge < -0.3 is 4.90 Å². The molecule has 174 valence electrons. The van der Waals surface area contributed by atoms with E-state index in [0.717, 1.165) is 25.4 Å². The minimum atomic E-state index is -3.89. The van der Waals surface area contributed by atoms with Gasteiger partial charge in [0.05, 0.1) is 22.9 Å². The minimum Gasteiger partial charge on any atom is -0.368 e. The average molecular weight is 486 g/mol. The quantitative estimate of drug-likeness (QED) is 0.682. The van der Waals surface area contributed by atoms with Crippen molar-refractivity contribution in [2.45, 2.75) is 12.3 Å². The Kier molecular flexibility index (Phi) is 4.90. The van der Waals surface area contributed by atoms with Crippen molar-refractivity contribution in [3.63, 3.8) is 0 Å². The predicted molar refractivity (Wildman–Crippen MR) is 124 cm³/mol. The van der Waals surface area contributed by atoms with Crippen LogP contribution in [0, 0.1) is 5.92 Å². The van der Waals surface area contributed by atoms with E-state index in [1.54, 1.807) is 18.2 Å². The lowest BCUT2D eigenvalue weighted by atomic mass is 10.0. The predicted octanol–water partition coefficient (Wildman–Crippen LogP) is 4.08. The molecule has 2 fully saturated rings. The van der Waals surface area contributed by atoms with Crippen molar-refractivity contribution in [2.75, 3.05) is 51.7 Å². The van der Waals surface area contributed by atoms with E-state index < -0.39 is 32.6 Å². The van der Waals surface area contributed by atoms with E-state index in [-0.39, 0.29) is 13.0 Å². The van der Waals surface area contributed by atoms with Crippen LogP contribution < -0.4 is 13.5 Å². The zero-order chi connectivity index (χ0) is 22.9. The zero-order valence-electron chi connectivity index (χ0n) is 17.5. The van der Waals surface area contributed by atoms with Gasteiger partial charge in [-0.1, -0.05) is 18.2 Å². The Bertz CT molecular complexity index is 1170. The molecule has 0 bridgehead atoms. The second-order valence-corrected chi connectivity index (χ2v) is 12.9. The van der Waals surface area contributed by atoms with Crippen LogP contribution in [0.25, 0.3) is 11.1 Å². The largest absolute Gasteiger partial charge is 0.368 e. The van der Waals surface area contributed by atoms with Crippen LogP contribution in [0.5, 0.6) is 0 Å². The molecule has 7 nitrogen and oxygen atoms in total. The van der Waals surface area contributed by atoms with Crippen LogP contribution in [0.15, 0.2) is 42.5 Å². The topological polar surface area (TPSA) is 84.3 Å². The first-order valence-electron chi connectivity index (χ1n) is 10.4. The summed E-state index contributed by atoms with van der Waals surface area (Å²) >= 11 is 0. The molecule has 11 heteroatoms. The average Bonchev–Trinajstić information content (AvgIpc) is 3.31. The molecule has 1 atom stereocenters. The summed E-state index contributed by atoms with van der Waals surface area (Å²) in [6.45, 7) is 0.880. The van der Waals surface area contributed by atoms with Crippen molar-refractivity contribution in [3.05, 3.63) is 42.5 Å². The highest BCUT2D eigenvalue weighted by atomic mass is 32.3. The third-order valence-electron chi connectivity index (χ3n) is 6.47. The summed E-state index contributed by atoms with van der Waals surface area (Å²) in [5.74, 6) is -3.06. The van der Waals surface area contributed by atoms with E-state index in [4.69, 9.17) is 0 Å². The van der Waals surface area contributed by atoms with Gasteiger partial charge in [0.15, 0.2) is 0 Å². The van der Waals surface area contributed by atoms with E-state index in [9.17, 15) is 26.3 Å². The van der Waals surface area contributed by atoms with E-state index >= 15 is 0 Å². The first-order valence-corrected chi connectivity index (χ1v) is 13.6. The van der Waals surface area contributed by atoms with Gasteiger partial charge in [-0.2, -0.15) is 19.0 Å². The lowest BCUT2D eigenvalue weighted by molar-refractivity contribution is 0.101. The van der Waals surface area contributed by atoms with Gasteiger partial charge in [0.1, 0.15) is 0 Å². The van der Waals surface area contributed by atoms with Crippen LogP contribution in [0.2, 0.25) is 0 Å². The van der Waals surface area contributed by atoms with Crippen molar-refractivity contribution in [1.82, 2.24) is 0 Å². The number of nitrogens with zero attached hydrogens (tertiary/aromatic N) is 3. The van der Waals surface area contributed by atoms with Crippen LogP contribution in [-0.4, -0.2) is 61.6 Å². The smallest absolute Gasteiger partial charge is 0.326 e. The molecular weight excluding hydrogens is 460 g/mol. The first kappa shape index (κ1) is 21.7. The Hall–Kier alpha value is -2.08. The second kappa shape index (κ2) is 7.21. The molecule has 2 aliphatic heterocycles. The summed E-state index contributed by atoms with van der Waals surface area (Å²) in [6, 6.07) is 13.0. The van der Waals surface area contributed by atoms with Crippen molar-refractivity contribution in [1.29, 1.82) is 0 Å². The summed E-state index contributed by atoms with van der Waals surface area (Å²) in [6.07, 6.45) is -0.283. The molecule has 1 saturated carbocycles. The van der Waals surface area contributed by atoms with Gasteiger partial charge in [-0.05, 0) is 35.4 Å². The zero-order valence-corrected chi connectivity index (χ0v) is 19.1. The fourth-order valence-corrected chi connectivity index (χ4v) is 6.98. The normalized spacial score (nSPS) is 26.0. The monoisotopic (exact) mass is 485 g/mol. The highest BCUT2D eigenvalue weighted by Gasteiger charge is 2.59. The Morgan fingerprint density at radius 2 is 1.69 bits per heavy atom. The molecule has 3 aliphatic rings. The van der Waals surface area contributed by atoms with Crippen molar-refractivity contribution in [2.24, 2.45) is 5.92 Å². The van der Waals surface area contributed by atoms with Crippen LogP contribution in [0.3, 0.4) is 0 Å². The first-order chi connectivity index (χ1) is 15.0. The summed E-state index contributed by atoms with van der Waals surface area (Å²) < 4.78 is 74.5. The molecule has 0 radical (unpaired) electrons. The number of hydrogen-bond donors (Lipinski definition) is 2. The molecule has 2 N–H and O–H groups in total. The molecule has 2 heterocycles. The molecule has 0 amide bonds. The molecule has 2 aromatic carbocycles.